The molecule has 0 amide bonds. The summed E-state index contributed by atoms with van der Waals surface area (Å²) in [7, 11) is -9.38. The minimum atomic E-state index is -4.69. The van der Waals surface area contributed by atoms with Gasteiger partial charge in [-0.25, -0.2) is 16.8 Å². The van der Waals surface area contributed by atoms with Gasteiger partial charge in [-0.05, 0) is 18.2 Å². The molecule has 0 bridgehead atoms. The van der Waals surface area contributed by atoms with Crippen LogP contribution in [0.1, 0.15) is 6.42 Å². The Morgan fingerprint density at radius 2 is 1.60 bits per heavy atom. The van der Waals surface area contributed by atoms with Crippen molar-refractivity contribution in [1.82, 2.24) is 9.66 Å². The second-order valence-electron chi connectivity index (χ2n) is 4.93. The van der Waals surface area contributed by atoms with Crippen molar-refractivity contribution in [3.05, 3.63) is 47.9 Å². The summed E-state index contributed by atoms with van der Waals surface area (Å²) < 4.78 is 51.7. The van der Waals surface area contributed by atoms with Crippen LogP contribution in [-0.4, -0.2) is 31.1 Å². The Bertz CT molecular complexity index is 904. The first-order valence-electron chi connectivity index (χ1n) is 6.62. The van der Waals surface area contributed by atoms with Crippen molar-refractivity contribution in [2.45, 2.75) is 10.5 Å². The van der Waals surface area contributed by atoms with E-state index in [-0.39, 0.29) is 11.5 Å². The number of ether oxygens (including phenoxy) is 1. The number of rotatable bonds is 6. The van der Waals surface area contributed by atoms with Crippen LogP contribution >= 0.6 is 0 Å². The van der Waals surface area contributed by atoms with Crippen LogP contribution in [0, 0.1) is 0 Å². The Kier molecular flexibility index (Phi) is 5.08. The molecule has 1 aromatic rings. The third-order valence-electron chi connectivity index (χ3n) is 3.49. The van der Waals surface area contributed by atoms with E-state index in [1.807, 2.05) is 0 Å². The number of nitrogens with one attached hydrogen (secondary N) is 2. The van der Waals surface area contributed by atoms with Gasteiger partial charge in [0, 0.05) is 12.5 Å². The van der Waals surface area contributed by atoms with E-state index in [1.54, 1.807) is 0 Å². The van der Waals surface area contributed by atoms with Gasteiger partial charge in [-0.1, -0.05) is 12.1 Å². The number of aromatic hydroxyl groups is 1. The second kappa shape index (κ2) is 6.62. The maximum atomic E-state index is 12.3. The Labute approximate surface area is 143 Å². The van der Waals surface area contributed by atoms with E-state index in [9.17, 15) is 27.0 Å². The van der Waals surface area contributed by atoms with Crippen LogP contribution in [0.25, 0.3) is 0 Å². The standard InChI is InChI=1S/C12H16N4O7S2/c13-15-24(19,20)12(25(21,22)16-14)6-5-9(18)11(7-12)23-10-4-2-1-3-8(10)17/h1-5,7,15-18H,6,13-14H2. The lowest BCUT2D eigenvalue weighted by atomic mass is 10.1. The van der Waals surface area contributed by atoms with Crippen molar-refractivity contribution in [2.75, 3.05) is 0 Å². The molecule has 25 heavy (non-hydrogen) atoms. The van der Waals surface area contributed by atoms with E-state index in [2.05, 4.69) is 0 Å². The number of nitrogens with two attached hydrogens (primary N) is 2. The Hall–Kier alpha value is -2.16. The normalized spacial score (nSPS) is 17.5. The lowest BCUT2D eigenvalue weighted by Crippen LogP contribution is -2.58. The highest BCUT2D eigenvalue weighted by atomic mass is 32.3. The molecule has 8 N–H and O–H groups in total. The number of phenolic OH excluding ortho intramolecular Hbond substituents is 1. The van der Waals surface area contributed by atoms with Crippen LogP contribution in [0.4, 0.5) is 0 Å². The van der Waals surface area contributed by atoms with Crippen LogP contribution in [0.2, 0.25) is 0 Å². The lowest BCUT2D eigenvalue weighted by molar-refractivity contribution is 0.317. The highest BCUT2D eigenvalue weighted by Gasteiger charge is 2.55. The molecular weight excluding hydrogens is 376 g/mol. The average molecular weight is 392 g/mol. The SMILES string of the molecule is NNS(=O)(=O)C1(S(=O)(=O)NN)C=C(Oc2ccccc2O)C(O)=CC1. The minimum absolute atomic E-state index is 0.138. The number of sulfonamides is 2. The van der Waals surface area contributed by atoms with Crippen molar-refractivity contribution in [1.29, 1.82) is 0 Å². The summed E-state index contributed by atoms with van der Waals surface area (Å²) >= 11 is 0. The first-order chi connectivity index (χ1) is 11.6. The molecule has 13 heteroatoms. The van der Waals surface area contributed by atoms with Gasteiger partial charge in [0.1, 0.15) is 0 Å². The molecule has 11 nitrogen and oxygen atoms in total. The van der Waals surface area contributed by atoms with Crippen LogP contribution in [0.5, 0.6) is 11.5 Å². The highest BCUT2D eigenvalue weighted by Crippen LogP contribution is 2.37. The second-order valence-corrected chi connectivity index (χ2v) is 9.13. The molecule has 0 saturated heterocycles. The summed E-state index contributed by atoms with van der Waals surface area (Å²) in [6, 6.07) is 5.61. The number of phenols is 1. The van der Waals surface area contributed by atoms with Gasteiger partial charge in [-0.3, -0.25) is 11.7 Å². The van der Waals surface area contributed by atoms with Crippen molar-refractivity contribution >= 4 is 20.0 Å². The Morgan fingerprint density at radius 1 is 1.04 bits per heavy atom. The van der Waals surface area contributed by atoms with Crippen molar-refractivity contribution in [3.63, 3.8) is 0 Å². The van der Waals surface area contributed by atoms with E-state index in [4.69, 9.17) is 16.4 Å². The molecule has 2 rings (SSSR count). The molecule has 0 heterocycles. The van der Waals surface area contributed by atoms with E-state index in [1.165, 1.54) is 33.9 Å². The van der Waals surface area contributed by atoms with Gasteiger partial charge < -0.3 is 14.9 Å². The van der Waals surface area contributed by atoms with Crippen molar-refractivity contribution in [2.24, 2.45) is 11.7 Å². The predicted octanol–water partition coefficient (Wildman–Crippen LogP) is -1.22. The average Bonchev–Trinajstić information content (AvgIpc) is 2.58. The number of hydrogen-bond acceptors (Lipinski definition) is 9. The molecule has 0 fully saturated rings. The number of hydrogen-bond donors (Lipinski definition) is 6. The number of benzene rings is 1. The molecule has 1 aromatic carbocycles. The fourth-order valence-corrected chi connectivity index (χ4v) is 5.11. The summed E-state index contributed by atoms with van der Waals surface area (Å²) in [5.74, 6) is 8.43. The number of hydrazine groups is 2. The van der Waals surface area contributed by atoms with E-state index in [0.29, 0.717) is 6.08 Å². The van der Waals surface area contributed by atoms with Crippen molar-refractivity contribution < 1.29 is 31.8 Å². The molecule has 1 aliphatic rings. The van der Waals surface area contributed by atoms with Crippen molar-refractivity contribution in [3.8, 4) is 11.5 Å². The third-order valence-corrected chi connectivity index (χ3v) is 7.81. The van der Waals surface area contributed by atoms with Gasteiger partial charge in [0.15, 0.2) is 23.0 Å². The van der Waals surface area contributed by atoms with E-state index >= 15 is 0 Å². The fourth-order valence-electron chi connectivity index (χ4n) is 2.13. The molecule has 0 atom stereocenters. The number of allylic oxidation sites excluding steroid dienone is 1. The largest absolute Gasteiger partial charge is 0.504 e. The summed E-state index contributed by atoms with van der Waals surface area (Å²) in [4.78, 5) is 2.88. The topological polar surface area (TPSA) is 194 Å². The molecule has 138 valence electrons. The fraction of sp³-hybridized carbons (Fsp3) is 0.167. The number of para-hydroxylation sites is 2. The lowest BCUT2D eigenvalue weighted by Gasteiger charge is -2.30. The molecule has 0 saturated carbocycles. The van der Waals surface area contributed by atoms with Crippen LogP contribution < -0.4 is 26.1 Å². The molecule has 0 radical (unpaired) electrons. The van der Waals surface area contributed by atoms with Gasteiger partial charge in [-0.15, -0.1) is 0 Å². The Balaban J connectivity index is 2.65. The summed E-state index contributed by atoms with van der Waals surface area (Å²) in [5, 5.41) is 19.6. The van der Waals surface area contributed by atoms with Gasteiger partial charge in [0.05, 0.1) is 0 Å². The maximum Gasteiger partial charge on any atom is 0.249 e. The van der Waals surface area contributed by atoms with E-state index < -0.39 is 42.1 Å². The van der Waals surface area contributed by atoms with E-state index in [0.717, 1.165) is 6.08 Å². The van der Waals surface area contributed by atoms with Gasteiger partial charge >= 0.3 is 0 Å². The Morgan fingerprint density at radius 3 is 2.12 bits per heavy atom. The zero-order valence-electron chi connectivity index (χ0n) is 12.6. The quantitative estimate of drug-likeness (QED) is 0.254. The molecule has 0 aromatic heterocycles. The summed E-state index contributed by atoms with van der Waals surface area (Å²) in [6.45, 7) is 0. The highest BCUT2D eigenvalue weighted by molar-refractivity contribution is 8.08. The van der Waals surface area contributed by atoms with Gasteiger partial charge in [0.25, 0.3) is 0 Å². The summed E-state index contributed by atoms with van der Waals surface area (Å²) in [6.07, 6.45) is 0.865. The van der Waals surface area contributed by atoms with Crippen LogP contribution in [0.3, 0.4) is 0 Å². The smallest absolute Gasteiger partial charge is 0.249 e. The van der Waals surface area contributed by atoms with Crippen LogP contribution in [-0.2, 0) is 20.0 Å². The first-order valence-corrected chi connectivity index (χ1v) is 9.59. The minimum Gasteiger partial charge on any atom is -0.504 e. The number of aliphatic hydroxyl groups is 1. The monoisotopic (exact) mass is 392 g/mol. The predicted molar refractivity (Wildman–Crippen MR) is 87.4 cm³/mol. The third kappa shape index (κ3) is 3.20. The van der Waals surface area contributed by atoms with Crippen LogP contribution in [0.15, 0.2) is 47.9 Å². The molecule has 1 aliphatic carbocycles. The summed E-state index contributed by atoms with van der Waals surface area (Å²) in [5.41, 5.74) is 0. The molecule has 0 spiro atoms. The zero-order chi connectivity index (χ0) is 18.9. The molecule has 0 unspecified atom stereocenters. The van der Waals surface area contributed by atoms with Gasteiger partial charge in [0.2, 0.25) is 24.1 Å². The maximum absolute atomic E-state index is 12.3. The molecular formula is C12H16N4O7S2. The number of aliphatic hydroxyl groups excluding tert-OH is 1. The van der Waals surface area contributed by atoms with Gasteiger partial charge in [-0.2, -0.15) is 9.66 Å². The first kappa shape index (κ1) is 19.2. The molecule has 0 aliphatic heterocycles. The zero-order valence-corrected chi connectivity index (χ0v) is 14.2.